The summed E-state index contributed by atoms with van der Waals surface area (Å²) in [7, 11) is 0. The van der Waals surface area contributed by atoms with Gasteiger partial charge in [-0.1, -0.05) is 17.8 Å². The lowest BCUT2D eigenvalue weighted by Gasteiger charge is -2.11. The van der Waals surface area contributed by atoms with Gasteiger partial charge in [0.05, 0.1) is 11.4 Å². The number of anilines is 1. The van der Waals surface area contributed by atoms with Crippen LogP contribution in [0.5, 0.6) is 0 Å². The number of carbonyl (C=O) groups is 1. The Bertz CT molecular complexity index is 568. The summed E-state index contributed by atoms with van der Waals surface area (Å²) in [5.41, 5.74) is 3.19. The summed E-state index contributed by atoms with van der Waals surface area (Å²) >= 11 is 1.37. The smallest absolute Gasteiger partial charge is 0.237 e. The Balaban J connectivity index is 1.98. The maximum Gasteiger partial charge on any atom is 0.237 e. The lowest BCUT2D eigenvalue weighted by Crippen LogP contribution is -2.22. The van der Waals surface area contributed by atoms with Gasteiger partial charge in [0.25, 0.3) is 0 Å². The van der Waals surface area contributed by atoms with Crippen LogP contribution in [-0.4, -0.2) is 26.6 Å². The van der Waals surface area contributed by atoms with Crippen LogP contribution in [0.4, 0.5) is 5.69 Å². The molecule has 2 aromatic rings. The summed E-state index contributed by atoms with van der Waals surface area (Å²) in [5, 5.41) is 13.5. The first-order chi connectivity index (χ1) is 9.06. The number of hydrogen-bond acceptors (Lipinski definition) is 4. The number of hydrogen-bond donors (Lipinski definition) is 2. The standard InChI is InChI=1S/C13H16N4OS/c1-8-4-5-11(6-9(8)2)15-13(18)10(3)19-12-7-14-17-16-12/h4-7,10H,1-3H3,(H,15,18)(H,14,16,17)/t10-/m1/s1. The molecule has 0 radical (unpaired) electrons. The molecular weight excluding hydrogens is 260 g/mol. The number of nitrogens with zero attached hydrogens (tertiary/aromatic N) is 2. The predicted molar refractivity (Wildman–Crippen MR) is 76.2 cm³/mol. The molecule has 6 heteroatoms. The first-order valence-electron chi connectivity index (χ1n) is 5.97. The number of amides is 1. The topological polar surface area (TPSA) is 70.7 Å². The Morgan fingerprint density at radius 3 is 2.79 bits per heavy atom. The van der Waals surface area contributed by atoms with Gasteiger partial charge >= 0.3 is 0 Å². The van der Waals surface area contributed by atoms with E-state index < -0.39 is 0 Å². The molecule has 0 unspecified atom stereocenters. The Hall–Kier alpha value is -1.82. The summed E-state index contributed by atoms with van der Waals surface area (Å²) < 4.78 is 0. The second-order valence-electron chi connectivity index (χ2n) is 4.36. The Labute approximate surface area is 116 Å². The minimum Gasteiger partial charge on any atom is -0.325 e. The molecule has 0 aliphatic rings. The van der Waals surface area contributed by atoms with Crippen molar-refractivity contribution in [2.24, 2.45) is 0 Å². The van der Waals surface area contributed by atoms with E-state index >= 15 is 0 Å². The number of aromatic amines is 1. The minimum absolute atomic E-state index is 0.0451. The average Bonchev–Trinajstić information content (AvgIpc) is 2.86. The monoisotopic (exact) mass is 276 g/mol. The molecule has 0 aliphatic heterocycles. The molecular formula is C13H16N4OS. The largest absolute Gasteiger partial charge is 0.325 e. The van der Waals surface area contributed by atoms with E-state index in [0.29, 0.717) is 5.03 Å². The summed E-state index contributed by atoms with van der Waals surface area (Å²) in [4.78, 5) is 12.0. The summed E-state index contributed by atoms with van der Waals surface area (Å²) in [6, 6.07) is 5.88. The minimum atomic E-state index is -0.230. The molecule has 2 N–H and O–H groups in total. The molecule has 0 saturated carbocycles. The average molecular weight is 276 g/mol. The van der Waals surface area contributed by atoms with E-state index in [1.807, 2.05) is 39.0 Å². The van der Waals surface area contributed by atoms with Crippen molar-refractivity contribution in [3.05, 3.63) is 35.5 Å². The zero-order valence-electron chi connectivity index (χ0n) is 11.1. The van der Waals surface area contributed by atoms with E-state index in [0.717, 1.165) is 11.3 Å². The Morgan fingerprint density at radius 1 is 1.37 bits per heavy atom. The zero-order chi connectivity index (χ0) is 13.8. The zero-order valence-corrected chi connectivity index (χ0v) is 11.9. The van der Waals surface area contributed by atoms with Crippen molar-refractivity contribution in [1.82, 2.24) is 15.4 Å². The van der Waals surface area contributed by atoms with Gasteiger partial charge < -0.3 is 5.32 Å². The van der Waals surface area contributed by atoms with Gasteiger partial charge in [0.15, 0.2) is 0 Å². The van der Waals surface area contributed by atoms with Crippen molar-refractivity contribution in [1.29, 1.82) is 0 Å². The number of H-pyrrole nitrogens is 1. The fraction of sp³-hybridized carbons (Fsp3) is 0.308. The molecule has 0 bridgehead atoms. The third-order valence-electron chi connectivity index (χ3n) is 2.83. The van der Waals surface area contributed by atoms with Crippen LogP contribution in [0.15, 0.2) is 29.4 Å². The van der Waals surface area contributed by atoms with E-state index in [1.54, 1.807) is 6.20 Å². The second kappa shape index (κ2) is 5.88. The summed E-state index contributed by atoms with van der Waals surface area (Å²) in [5.74, 6) is -0.0451. The second-order valence-corrected chi connectivity index (χ2v) is 5.72. The number of aromatic nitrogens is 3. The first-order valence-corrected chi connectivity index (χ1v) is 6.85. The summed E-state index contributed by atoms with van der Waals surface area (Å²) in [6.45, 7) is 5.91. The van der Waals surface area contributed by atoms with E-state index in [-0.39, 0.29) is 11.2 Å². The fourth-order valence-corrected chi connectivity index (χ4v) is 2.28. The van der Waals surface area contributed by atoms with Crippen LogP contribution in [-0.2, 0) is 4.79 Å². The normalized spacial score (nSPS) is 12.2. The van der Waals surface area contributed by atoms with Gasteiger partial charge in [0, 0.05) is 5.69 Å². The number of rotatable bonds is 4. The highest BCUT2D eigenvalue weighted by Gasteiger charge is 2.15. The van der Waals surface area contributed by atoms with Crippen LogP contribution in [0.2, 0.25) is 0 Å². The van der Waals surface area contributed by atoms with Gasteiger partial charge in [0.1, 0.15) is 5.03 Å². The molecule has 0 spiro atoms. The van der Waals surface area contributed by atoms with Crippen molar-refractivity contribution >= 4 is 23.4 Å². The van der Waals surface area contributed by atoms with Crippen molar-refractivity contribution in [3.63, 3.8) is 0 Å². The Morgan fingerprint density at radius 2 is 2.16 bits per heavy atom. The third-order valence-corrected chi connectivity index (χ3v) is 3.84. The van der Waals surface area contributed by atoms with Crippen LogP contribution in [0.25, 0.3) is 0 Å². The molecule has 0 saturated heterocycles. The third kappa shape index (κ3) is 3.57. The Kier molecular flexibility index (Phi) is 4.21. The molecule has 1 amide bonds. The van der Waals surface area contributed by atoms with Crippen molar-refractivity contribution in [2.45, 2.75) is 31.0 Å². The van der Waals surface area contributed by atoms with Crippen LogP contribution in [0.3, 0.4) is 0 Å². The maximum absolute atomic E-state index is 12.0. The molecule has 19 heavy (non-hydrogen) atoms. The molecule has 1 heterocycles. The highest BCUT2D eigenvalue weighted by Crippen LogP contribution is 2.21. The van der Waals surface area contributed by atoms with Gasteiger partial charge in [-0.15, -0.1) is 5.10 Å². The van der Waals surface area contributed by atoms with Crippen LogP contribution >= 0.6 is 11.8 Å². The number of thioether (sulfide) groups is 1. The molecule has 5 nitrogen and oxygen atoms in total. The SMILES string of the molecule is Cc1ccc(NC(=O)[C@@H](C)Sc2cn[nH]n2)cc1C. The predicted octanol–water partition coefficient (Wildman–Crippen LogP) is 2.54. The van der Waals surface area contributed by atoms with E-state index in [4.69, 9.17) is 0 Å². The van der Waals surface area contributed by atoms with E-state index in [2.05, 4.69) is 20.7 Å². The quantitative estimate of drug-likeness (QED) is 0.842. The lowest BCUT2D eigenvalue weighted by atomic mass is 10.1. The molecule has 2 rings (SSSR count). The van der Waals surface area contributed by atoms with Gasteiger partial charge in [-0.05, 0) is 44.0 Å². The highest BCUT2D eigenvalue weighted by atomic mass is 32.2. The molecule has 100 valence electrons. The number of benzene rings is 1. The molecule has 1 aromatic carbocycles. The molecule has 1 atom stereocenters. The number of carbonyl (C=O) groups excluding carboxylic acids is 1. The summed E-state index contributed by atoms with van der Waals surface area (Å²) in [6.07, 6.45) is 1.60. The number of aryl methyl sites for hydroxylation is 2. The van der Waals surface area contributed by atoms with Crippen LogP contribution in [0.1, 0.15) is 18.1 Å². The van der Waals surface area contributed by atoms with Gasteiger partial charge in [-0.25, -0.2) is 0 Å². The lowest BCUT2D eigenvalue weighted by molar-refractivity contribution is -0.115. The fourth-order valence-electron chi connectivity index (χ4n) is 1.55. The van der Waals surface area contributed by atoms with Crippen molar-refractivity contribution < 1.29 is 4.79 Å². The van der Waals surface area contributed by atoms with Gasteiger partial charge in [-0.2, -0.15) is 10.3 Å². The molecule has 0 fully saturated rings. The van der Waals surface area contributed by atoms with Gasteiger partial charge in [-0.3, -0.25) is 4.79 Å². The maximum atomic E-state index is 12.0. The number of nitrogens with one attached hydrogen (secondary N) is 2. The first kappa shape index (κ1) is 13.6. The van der Waals surface area contributed by atoms with E-state index in [1.165, 1.54) is 17.3 Å². The van der Waals surface area contributed by atoms with Gasteiger partial charge in [0.2, 0.25) is 5.91 Å². The van der Waals surface area contributed by atoms with Crippen molar-refractivity contribution in [3.8, 4) is 0 Å². The van der Waals surface area contributed by atoms with Crippen LogP contribution in [0, 0.1) is 13.8 Å². The van der Waals surface area contributed by atoms with Crippen molar-refractivity contribution in [2.75, 3.05) is 5.32 Å². The highest BCUT2D eigenvalue weighted by molar-refractivity contribution is 8.00. The molecule has 1 aromatic heterocycles. The molecule has 0 aliphatic carbocycles. The van der Waals surface area contributed by atoms with Crippen LogP contribution < -0.4 is 5.32 Å². The van der Waals surface area contributed by atoms with E-state index in [9.17, 15) is 4.79 Å².